The van der Waals surface area contributed by atoms with E-state index in [1.165, 1.54) is 12.1 Å². The average Bonchev–Trinajstić information content (AvgIpc) is 2.64. The van der Waals surface area contributed by atoms with Crippen molar-refractivity contribution < 1.29 is 9.18 Å². The fraction of sp³-hybridized carbons (Fsp3) is 0.500. The quantitative estimate of drug-likeness (QED) is 0.885. The maximum atomic E-state index is 13.2. The zero-order chi connectivity index (χ0) is 13.7. The monoisotopic (exact) mass is 313 g/mol. The molecule has 18 heavy (non-hydrogen) atoms. The second kappa shape index (κ2) is 4.05. The molecular formula is C14H17BrFNO. The molecule has 1 aromatic carbocycles. The van der Waals surface area contributed by atoms with Crippen LogP contribution in [0, 0.1) is 16.6 Å². The molecule has 2 rings (SSSR count). The van der Waals surface area contributed by atoms with Crippen LogP contribution in [0.1, 0.15) is 38.1 Å². The van der Waals surface area contributed by atoms with Gasteiger partial charge in [0.2, 0.25) is 0 Å². The molecule has 0 unspecified atom stereocenters. The van der Waals surface area contributed by atoms with Gasteiger partial charge in [-0.15, -0.1) is 0 Å². The smallest absolute Gasteiger partial charge is 0.252 e. The normalized spacial score (nSPS) is 20.6. The Balaban J connectivity index is 2.17. The predicted octanol–water partition coefficient (Wildman–Crippen LogP) is 3.75. The molecule has 0 radical (unpaired) electrons. The van der Waals surface area contributed by atoms with E-state index in [-0.39, 0.29) is 22.8 Å². The lowest BCUT2D eigenvalue weighted by molar-refractivity contribution is 0.0942. The molecule has 0 atom stereocenters. The molecule has 1 saturated carbocycles. The van der Waals surface area contributed by atoms with Gasteiger partial charge in [-0.2, -0.15) is 0 Å². The molecule has 1 fully saturated rings. The molecule has 4 heteroatoms. The first-order valence-corrected chi connectivity index (χ1v) is 6.73. The number of hydrogen-bond acceptors (Lipinski definition) is 1. The summed E-state index contributed by atoms with van der Waals surface area (Å²) in [5.41, 5.74) is 0.485. The van der Waals surface area contributed by atoms with Crippen molar-refractivity contribution in [1.82, 2.24) is 5.32 Å². The molecule has 2 nitrogen and oxygen atoms in total. The lowest BCUT2D eigenvalue weighted by Crippen LogP contribution is -2.30. The van der Waals surface area contributed by atoms with Crippen LogP contribution in [0.3, 0.4) is 0 Å². The molecular weight excluding hydrogens is 297 g/mol. The number of benzene rings is 1. The zero-order valence-corrected chi connectivity index (χ0v) is 12.6. The maximum absolute atomic E-state index is 13.2. The summed E-state index contributed by atoms with van der Waals surface area (Å²) in [7, 11) is 0. The third kappa shape index (κ3) is 1.96. The molecule has 98 valence electrons. The van der Waals surface area contributed by atoms with Crippen LogP contribution in [0.4, 0.5) is 4.39 Å². The van der Waals surface area contributed by atoms with Crippen LogP contribution in [-0.2, 0) is 0 Å². The summed E-state index contributed by atoms with van der Waals surface area (Å²) in [4.78, 5) is 12.1. The topological polar surface area (TPSA) is 29.1 Å². The Hall–Kier alpha value is -0.900. The van der Waals surface area contributed by atoms with Crippen molar-refractivity contribution in [1.29, 1.82) is 0 Å². The first-order valence-electron chi connectivity index (χ1n) is 5.94. The first kappa shape index (κ1) is 13.5. The fourth-order valence-corrected chi connectivity index (χ4v) is 2.86. The summed E-state index contributed by atoms with van der Waals surface area (Å²) in [5, 5.41) is 2.98. The summed E-state index contributed by atoms with van der Waals surface area (Å²) in [6.45, 7) is 8.49. The van der Waals surface area contributed by atoms with Gasteiger partial charge in [-0.05, 0) is 45.0 Å². The van der Waals surface area contributed by atoms with E-state index in [4.69, 9.17) is 0 Å². The predicted molar refractivity (Wildman–Crippen MR) is 72.9 cm³/mol. The minimum atomic E-state index is -0.405. The third-order valence-corrected chi connectivity index (χ3v) is 5.16. The van der Waals surface area contributed by atoms with Crippen LogP contribution in [0.25, 0.3) is 0 Å². The van der Waals surface area contributed by atoms with E-state index in [0.29, 0.717) is 10.0 Å². The van der Waals surface area contributed by atoms with Gasteiger partial charge in [-0.1, -0.05) is 27.7 Å². The van der Waals surface area contributed by atoms with E-state index in [1.807, 2.05) is 0 Å². The van der Waals surface area contributed by atoms with Crippen LogP contribution in [0.5, 0.6) is 0 Å². The van der Waals surface area contributed by atoms with Crippen molar-refractivity contribution in [3.63, 3.8) is 0 Å². The van der Waals surface area contributed by atoms with Crippen molar-refractivity contribution >= 4 is 21.8 Å². The number of carbonyl (C=O) groups excluding carboxylic acids is 1. The van der Waals surface area contributed by atoms with Gasteiger partial charge in [-0.3, -0.25) is 4.79 Å². The Morgan fingerprint density at radius 2 is 1.83 bits per heavy atom. The highest BCUT2D eigenvalue weighted by atomic mass is 79.9. The van der Waals surface area contributed by atoms with Gasteiger partial charge in [0.1, 0.15) is 5.82 Å². The Morgan fingerprint density at radius 3 is 2.33 bits per heavy atom. The zero-order valence-electron chi connectivity index (χ0n) is 11.0. The molecule has 1 amide bonds. The minimum absolute atomic E-state index is 0.0719. The standard InChI is InChI=1S/C14H17BrFNO/c1-13(2)12(14(13,3)4)17-11(18)9-7-8(16)5-6-10(9)15/h5-7,12H,1-4H3,(H,17,18). The summed E-state index contributed by atoms with van der Waals surface area (Å²) >= 11 is 3.27. The molecule has 1 aromatic rings. The largest absolute Gasteiger partial charge is 0.348 e. The van der Waals surface area contributed by atoms with Crippen molar-refractivity contribution in [3.05, 3.63) is 34.1 Å². The van der Waals surface area contributed by atoms with Gasteiger partial charge in [0.05, 0.1) is 5.56 Å². The van der Waals surface area contributed by atoms with Gasteiger partial charge in [0.25, 0.3) is 5.91 Å². The van der Waals surface area contributed by atoms with Crippen LogP contribution < -0.4 is 5.32 Å². The van der Waals surface area contributed by atoms with Gasteiger partial charge in [0.15, 0.2) is 0 Å². The van der Waals surface area contributed by atoms with Gasteiger partial charge >= 0.3 is 0 Å². The maximum Gasteiger partial charge on any atom is 0.252 e. The summed E-state index contributed by atoms with van der Waals surface area (Å²) in [6.07, 6.45) is 0. The minimum Gasteiger partial charge on any atom is -0.348 e. The number of nitrogens with one attached hydrogen (secondary N) is 1. The molecule has 0 aliphatic heterocycles. The average molecular weight is 314 g/mol. The molecule has 1 aliphatic carbocycles. The summed E-state index contributed by atoms with van der Waals surface area (Å²) in [6, 6.07) is 4.24. The van der Waals surface area contributed by atoms with Crippen molar-refractivity contribution in [3.8, 4) is 0 Å². The fourth-order valence-electron chi connectivity index (χ4n) is 2.44. The Kier molecular flexibility index (Phi) is 3.05. The van der Waals surface area contributed by atoms with Crippen molar-refractivity contribution in [2.24, 2.45) is 10.8 Å². The molecule has 0 aromatic heterocycles. The molecule has 0 spiro atoms. The second-order valence-electron chi connectivity index (χ2n) is 5.97. The number of amides is 1. The molecule has 1 N–H and O–H groups in total. The van der Waals surface area contributed by atoms with Gasteiger partial charge in [0, 0.05) is 10.5 Å². The van der Waals surface area contributed by atoms with Crippen LogP contribution in [0.15, 0.2) is 22.7 Å². The summed E-state index contributed by atoms with van der Waals surface area (Å²) < 4.78 is 13.8. The lowest BCUT2D eigenvalue weighted by atomic mass is 10.0. The van der Waals surface area contributed by atoms with Crippen molar-refractivity contribution in [2.45, 2.75) is 33.7 Å². The van der Waals surface area contributed by atoms with Crippen LogP contribution in [-0.4, -0.2) is 11.9 Å². The molecule has 0 bridgehead atoms. The molecule has 0 heterocycles. The van der Waals surface area contributed by atoms with Crippen molar-refractivity contribution in [2.75, 3.05) is 0 Å². The van der Waals surface area contributed by atoms with E-state index < -0.39 is 5.82 Å². The number of rotatable bonds is 2. The van der Waals surface area contributed by atoms with Gasteiger partial charge in [-0.25, -0.2) is 4.39 Å². The Bertz CT molecular complexity index is 497. The van der Waals surface area contributed by atoms with E-state index in [9.17, 15) is 9.18 Å². The third-order valence-electron chi connectivity index (χ3n) is 4.47. The highest BCUT2D eigenvalue weighted by Crippen LogP contribution is 2.62. The Labute approximate surface area is 115 Å². The second-order valence-corrected chi connectivity index (χ2v) is 6.83. The van der Waals surface area contributed by atoms with Crippen LogP contribution in [0.2, 0.25) is 0 Å². The lowest BCUT2D eigenvalue weighted by Gasteiger charge is -2.08. The first-order chi connectivity index (χ1) is 8.18. The Morgan fingerprint density at radius 1 is 1.28 bits per heavy atom. The number of hydrogen-bond donors (Lipinski definition) is 1. The van der Waals surface area contributed by atoms with E-state index in [1.54, 1.807) is 6.07 Å². The van der Waals surface area contributed by atoms with Gasteiger partial charge < -0.3 is 5.32 Å². The number of halogens is 2. The summed E-state index contributed by atoms with van der Waals surface area (Å²) in [5.74, 6) is -0.636. The SMILES string of the molecule is CC1(C)C(NC(=O)c2cc(F)ccc2Br)C1(C)C. The highest BCUT2D eigenvalue weighted by Gasteiger charge is 2.65. The highest BCUT2D eigenvalue weighted by molar-refractivity contribution is 9.10. The van der Waals surface area contributed by atoms with E-state index in [2.05, 4.69) is 48.9 Å². The van der Waals surface area contributed by atoms with E-state index in [0.717, 1.165) is 0 Å². The van der Waals surface area contributed by atoms with E-state index >= 15 is 0 Å². The molecule has 0 saturated heterocycles. The molecule has 1 aliphatic rings. The van der Waals surface area contributed by atoms with Crippen LogP contribution >= 0.6 is 15.9 Å². The number of carbonyl (C=O) groups is 1.